The Morgan fingerprint density at radius 3 is 2.53 bits per heavy atom. The molecule has 0 unspecified atom stereocenters. The standard InChI is InChI=1S/C24H18Cl2N4O4/c25-21-4-2-1-3-18(21)13-29-14-19(12-27-29)28-24(31)17-7-5-16(6-8-17)15-34-23-10-9-20(30(32)33)11-22(23)26/h1-12,14H,13,15H2,(H,28,31). The summed E-state index contributed by atoms with van der Waals surface area (Å²) in [7, 11) is 0. The van der Waals surface area contributed by atoms with Crippen molar-refractivity contribution in [2.75, 3.05) is 5.32 Å². The third-order valence-electron chi connectivity index (χ3n) is 4.92. The van der Waals surface area contributed by atoms with Crippen molar-refractivity contribution in [2.45, 2.75) is 13.2 Å². The van der Waals surface area contributed by atoms with Gasteiger partial charge in [-0.05, 0) is 35.4 Å². The normalized spacial score (nSPS) is 10.6. The molecule has 1 N–H and O–H groups in total. The number of carbonyl (C=O) groups is 1. The second-order valence-electron chi connectivity index (χ2n) is 7.33. The van der Waals surface area contributed by atoms with Crippen LogP contribution >= 0.6 is 23.2 Å². The fraction of sp³-hybridized carbons (Fsp3) is 0.0833. The second kappa shape index (κ2) is 10.4. The second-order valence-corrected chi connectivity index (χ2v) is 8.14. The number of non-ortho nitro benzene ring substituents is 1. The molecule has 1 heterocycles. The Hall–Kier alpha value is -3.88. The van der Waals surface area contributed by atoms with Gasteiger partial charge in [-0.3, -0.25) is 19.6 Å². The van der Waals surface area contributed by atoms with E-state index in [0.29, 0.717) is 28.6 Å². The predicted octanol–water partition coefficient (Wildman–Crippen LogP) is 5.98. The van der Waals surface area contributed by atoms with Crippen LogP contribution in [0.15, 0.2) is 79.1 Å². The maximum atomic E-state index is 12.6. The first kappa shape index (κ1) is 23.3. The summed E-state index contributed by atoms with van der Waals surface area (Å²) in [6.45, 7) is 0.678. The molecule has 1 amide bonds. The molecule has 0 saturated heterocycles. The summed E-state index contributed by atoms with van der Waals surface area (Å²) in [5.41, 5.74) is 2.66. The average Bonchev–Trinajstić information content (AvgIpc) is 3.26. The number of benzene rings is 3. The van der Waals surface area contributed by atoms with Crippen LogP contribution in [0.3, 0.4) is 0 Å². The number of nitro benzene ring substituents is 1. The molecule has 4 rings (SSSR count). The van der Waals surface area contributed by atoms with Crippen molar-refractivity contribution >= 4 is 40.5 Å². The van der Waals surface area contributed by atoms with Gasteiger partial charge in [0.05, 0.1) is 28.4 Å². The van der Waals surface area contributed by atoms with Gasteiger partial charge in [-0.2, -0.15) is 5.10 Å². The summed E-state index contributed by atoms with van der Waals surface area (Å²) < 4.78 is 7.33. The number of aromatic nitrogens is 2. The zero-order valence-corrected chi connectivity index (χ0v) is 19.2. The lowest BCUT2D eigenvalue weighted by Crippen LogP contribution is -2.11. The van der Waals surface area contributed by atoms with Gasteiger partial charge >= 0.3 is 0 Å². The minimum absolute atomic E-state index is 0.109. The lowest BCUT2D eigenvalue weighted by atomic mass is 10.1. The van der Waals surface area contributed by atoms with E-state index < -0.39 is 4.92 Å². The monoisotopic (exact) mass is 496 g/mol. The number of halogens is 2. The first-order valence-electron chi connectivity index (χ1n) is 10.1. The van der Waals surface area contributed by atoms with E-state index in [1.807, 2.05) is 24.3 Å². The predicted molar refractivity (Wildman–Crippen MR) is 130 cm³/mol. The topological polar surface area (TPSA) is 99.3 Å². The maximum absolute atomic E-state index is 12.6. The van der Waals surface area contributed by atoms with Crippen LogP contribution in [-0.4, -0.2) is 20.6 Å². The lowest BCUT2D eigenvalue weighted by Gasteiger charge is -2.09. The van der Waals surface area contributed by atoms with E-state index in [1.54, 1.807) is 41.3 Å². The fourth-order valence-corrected chi connectivity index (χ4v) is 3.58. The Morgan fingerprint density at radius 1 is 1.06 bits per heavy atom. The molecule has 3 aromatic carbocycles. The highest BCUT2D eigenvalue weighted by Gasteiger charge is 2.12. The summed E-state index contributed by atoms with van der Waals surface area (Å²) in [4.78, 5) is 22.9. The number of rotatable bonds is 8. The Morgan fingerprint density at radius 2 is 1.82 bits per heavy atom. The Labute approximate surface area is 204 Å². The molecule has 8 nitrogen and oxygen atoms in total. The number of hydrogen-bond donors (Lipinski definition) is 1. The van der Waals surface area contributed by atoms with Crippen molar-refractivity contribution in [2.24, 2.45) is 0 Å². The Kier molecular flexibility index (Phi) is 7.10. The van der Waals surface area contributed by atoms with Gasteiger partial charge in [0, 0.05) is 28.9 Å². The highest BCUT2D eigenvalue weighted by atomic mass is 35.5. The Bertz CT molecular complexity index is 1340. The first-order chi connectivity index (χ1) is 16.4. The molecule has 0 bridgehead atoms. The third kappa shape index (κ3) is 5.72. The summed E-state index contributed by atoms with van der Waals surface area (Å²) >= 11 is 12.2. The zero-order valence-electron chi connectivity index (χ0n) is 17.7. The molecule has 0 saturated carbocycles. The molecule has 4 aromatic rings. The number of anilines is 1. The molecular formula is C24H18Cl2N4O4. The number of nitrogens with one attached hydrogen (secondary N) is 1. The minimum Gasteiger partial charge on any atom is -0.487 e. The minimum atomic E-state index is -0.524. The summed E-state index contributed by atoms with van der Waals surface area (Å²) in [5.74, 6) is 0.0612. The van der Waals surface area contributed by atoms with Gasteiger partial charge in [-0.1, -0.05) is 53.5 Å². The Balaban J connectivity index is 1.33. The molecule has 0 radical (unpaired) electrons. The van der Waals surface area contributed by atoms with E-state index >= 15 is 0 Å². The van der Waals surface area contributed by atoms with Gasteiger partial charge in [0.1, 0.15) is 12.4 Å². The average molecular weight is 497 g/mol. The van der Waals surface area contributed by atoms with E-state index in [-0.39, 0.29) is 23.2 Å². The number of nitrogens with zero attached hydrogens (tertiary/aromatic N) is 3. The van der Waals surface area contributed by atoms with E-state index in [0.717, 1.165) is 11.1 Å². The van der Waals surface area contributed by atoms with Gasteiger partial charge in [0.2, 0.25) is 0 Å². The van der Waals surface area contributed by atoms with Gasteiger partial charge in [0.25, 0.3) is 11.6 Å². The van der Waals surface area contributed by atoms with Crippen molar-refractivity contribution in [3.8, 4) is 5.75 Å². The molecule has 0 aliphatic heterocycles. The van der Waals surface area contributed by atoms with Crippen LogP contribution in [0.2, 0.25) is 10.0 Å². The molecule has 0 aliphatic rings. The number of amides is 1. The largest absolute Gasteiger partial charge is 0.487 e. The molecule has 10 heteroatoms. The number of ether oxygens (including phenoxy) is 1. The highest BCUT2D eigenvalue weighted by molar-refractivity contribution is 6.32. The molecule has 1 aromatic heterocycles. The van der Waals surface area contributed by atoms with Gasteiger partial charge < -0.3 is 10.1 Å². The molecule has 172 valence electrons. The SMILES string of the molecule is O=C(Nc1cnn(Cc2ccccc2Cl)c1)c1ccc(COc2ccc([N+](=O)[O-])cc2Cl)cc1. The van der Waals surface area contributed by atoms with E-state index in [9.17, 15) is 14.9 Å². The number of nitro groups is 1. The fourth-order valence-electron chi connectivity index (χ4n) is 3.15. The molecule has 0 aliphatic carbocycles. The third-order valence-corrected chi connectivity index (χ3v) is 5.58. The highest BCUT2D eigenvalue weighted by Crippen LogP contribution is 2.29. The zero-order chi connectivity index (χ0) is 24.1. The smallest absolute Gasteiger partial charge is 0.271 e. The van der Waals surface area contributed by atoms with Gasteiger partial charge in [-0.15, -0.1) is 0 Å². The van der Waals surface area contributed by atoms with E-state index in [2.05, 4.69) is 10.4 Å². The van der Waals surface area contributed by atoms with E-state index in [4.69, 9.17) is 27.9 Å². The molecule has 0 atom stereocenters. The van der Waals surface area contributed by atoms with Gasteiger partial charge in [-0.25, -0.2) is 0 Å². The maximum Gasteiger partial charge on any atom is 0.271 e. The quantitative estimate of drug-likeness (QED) is 0.239. The van der Waals surface area contributed by atoms with Crippen LogP contribution in [0.25, 0.3) is 0 Å². The van der Waals surface area contributed by atoms with Crippen molar-refractivity contribution < 1.29 is 14.5 Å². The number of carbonyl (C=O) groups excluding carboxylic acids is 1. The van der Waals surface area contributed by atoms with Crippen LogP contribution in [-0.2, 0) is 13.2 Å². The van der Waals surface area contributed by atoms with Crippen LogP contribution in [0.1, 0.15) is 21.5 Å². The first-order valence-corrected chi connectivity index (χ1v) is 10.9. The van der Waals surface area contributed by atoms with Crippen molar-refractivity contribution in [1.82, 2.24) is 9.78 Å². The van der Waals surface area contributed by atoms with Crippen LogP contribution in [0.4, 0.5) is 11.4 Å². The van der Waals surface area contributed by atoms with Crippen LogP contribution in [0, 0.1) is 10.1 Å². The molecule has 34 heavy (non-hydrogen) atoms. The molecule has 0 fully saturated rings. The van der Waals surface area contributed by atoms with E-state index in [1.165, 1.54) is 18.2 Å². The summed E-state index contributed by atoms with van der Waals surface area (Å²) in [5, 5.41) is 18.7. The van der Waals surface area contributed by atoms with Crippen molar-refractivity contribution in [1.29, 1.82) is 0 Å². The van der Waals surface area contributed by atoms with Crippen LogP contribution < -0.4 is 10.1 Å². The van der Waals surface area contributed by atoms with Crippen LogP contribution in [0.5, 0.6) is 5.75 Å². The lowest BCUT2D eigenvalue weighted by molar-refractivity contribution is -0.384. The summed E-state index contributed by atoms with van der Waals surface area (Å²) in [6.07, 6.45) is 3.31. The molecular weight excluding hydrogens is 479 g/mol. The van der Waals surface area contributed by atoms with Gasteiger partial charge in [0.15, 0.2) is 0 Å². The number of hydrogen-bond acceptors (Lipinski definition) is 5. The molecule has 0 spiro atoms. The van der Waals surface area contributed by atoms with Crippen molar-refractivity contribution in [3.05, 3.63) is 116 Å². The summed E-state index contributed by atoms with van der Waals surface area (Å²) in [6, 6.07) is 18.4. The van der Waals surface area contributed by atoms with Crippen molar-refractivity contribution in [3.63, 3.8) is 0 Å².